The van der Waals surface area contributed by atoms with Crippen LogP contribution in [0.4, 0.5) is 0 Å². The highest BCUT2D eigenvalue weighted by atomic mass is 35.5. The molecule has 8 heteroatoms. The van der Waals surface area contributed by atoms with Gasteiger partial charge in [-0.05, 0) is 36.0 Å². The second kappa shape index (κ2) is 14.3. The summed E-state index contributed by atoms with van der Waals surface area (Å²) >= 11 is 0. The number of nitrogens with two attached hydrogens (primary N) is 1. The maximum Gasteiger partial charge on any atom is 0.329 e. The molecule has 1 aliphatic rings. The molecule has 0 spiro atoms. The zero-order chi connectivity index (χ0) is 26.0. The predicted molar refractivity (Wildman–Crippen MR) is 148 cm³/mol. The molecule has 3 N–H and O–H groups in total. The maximum atomic E-state index is 13.7. The summed E-state index contributed by atoms with van der Waals surface area (Å²) in [4.78, 5) is 41.2. The first-order valence-electron chi connectivity index (χ1n) is 12.7. The molecule has 1 aliphatic heterocycles. The number of ether oxygens (including phenoxy) is 1. The quantitative estimate of drug-likeness (QED) is 0.387. The van der Waals surface area contributed by atoms with E-state index in [1.807, 2.05) is 91.0 Å². The minimum Gasteiger partial charge on any atom is -0.459 e. The molecular weight excluding hydrogens is 502 g/mol. The van der Waals surface area contributed by atoms with Crippen LogP contribution in [0.5, 0.6) is 0 Å². The molecule has 3 aromatic carbocycles. The summed E-state index contributed by atoms with van der Waals surface area (Å²) in [7, 11) is 0. The molecule has 0 aromatic heterocycles. The highest BCUT2D eigenvalue weighted by molar-refractivity contribution is 5.92. The van der Waals surface area contributed by atoms with Gasteiger partial charge in [0.15, 0.2) is 0 Å². The van der Waals surface area contributed by atoms with Crippen LogP contribution in [0.2, 0.25) is 0 Å². The summed E-state index contributed by atoms with van der Waals surface area (Å²) in [6.45, 7) is 0.581. The lowest BCUT2D eigenvalue weighted by atomic mass is 10.0. The molecule has 3 atom stereocenters. The third-order valence-corrected chi connectivity index (χ3v) is 6.56. The van der Waals surface area contributed by atoms with Gasteiger partial charge in [0.05, 0.1) is 6.04 Å². The van der Waals surface area contributed by atoms with E-state index >= 15 is 0 Å². The van der Waals surface area contributed by atoms with Gasteiger partial charge in [0.2, 0.25) is 11.8 Å². The van der Waals surface area contributed by atoms with Crippen molar-refractivity contribution in [3.8, 4) is 0 Å². The van der Waals surface area contributed by atoms with Crippen molar-refractivity contribution < 1.29 is 19.1 Å². The minimum absolute atomic E-state index is 0. The van der Waals surface area contributed by atoms with Gasteiger partial charge in [0.25, 0.3) is 0 Å². The van der Waals surface area contributed by atoms with Gasteiger partial charge in [-0.25, -0.2) is 4.79 Å². The number of benzene rings is 3. The summed E-state index contributed by atoms with van der Waals surface area (Å²) in [5, 5.41) is 2.87. The topological polar surface area (TPSA) is 102 Å². The highest BCUT2D eigenvalue weighted by Gasteiger charge is 2.39. The Morgan fingerprint density at radius 2 is 1.37 bits per heavy atom. The Kier molecular flexibility index (Phi) is 10.9. The van der Waals surface area contributed by atoms with Crippen molar-refractivity contribution in [2.45, 2.75) is 50.4 Å². The molecule has 200 valence electrons. The van der Waals surface area contributed by atoms with Crippen LogP contribution < -0.4 is 11.1 Å². The molecule has 1 heterocycles. The Bertz CT molecular complexity index is 1180. The van der Waals surface area contributed by atoms with Crippen LogP contribution in [0.25, 0.3) is 0 Å². The number of rotatable bonds is 10. The zero-order valence-electron chi connectivity index (χ0n) is 21.2. The summed E-state index contributed by atoms with van der Waals surface area (Å²) in [6.07, 6.45) is 1.87. The van der Waals surface area contributed by atoms with Crippen LogP contribution in [0.3, 0.4) is 0 Å². The molecule has 2 amide bonds. The number of esters is 1. The summed E-state index contributed by atoms with van der Waals surface area (Å²) in [5.41, 5.74) is 8.93. The van der Waals surface area contributed by atoms with E-state index in [4.69, 9.17) is 10.5 Å². The molecule has 1 saturated heterocycles. The Labute approximate surface area is 229 Å². The summed E-state index contributed by atoms with van der Waals surface area (Å²) in [6, 6.07) is 26.1. The van der Waals surface area contributed by atoms with Gasteiger partial charge in [-0.15, -0.1) is 12.4 Å². The van der Waals surface area contributed by atoms with E-state index in [1.54, 1.807) is 4.90 Å². The van der Waals surface area contributed by atoms with Crippen LogP contribution in [-0.2, 0) is 38.6 Å². The molecule has 0 saturated carbocycles. The van der Waals surface area contributed by atoms with Crippen molar-refractivity contribution >= 4 is 30.2 Å². The molecule has 4 rings (SSSR count). The number of nitrogens with one attached hydrogen (secondary N) is 1. The normalized spacial score (nSPS) is 16.1. The third kappa shape index (κ3) is 7.91. The van der Waals surface area contributed by atoms with Crippen molar-refractivity contribution in [3.05, 3.63) is 108 Å². The van der Waals surface area contributed by atoms with E-state index in [1.165, 1.54) is 0 Å². The number of halogens is 1. The van der Waals surface area contributed by atoms with E-state index in [9.17, 15) is 14.4 Å². The average Bonchev–Trinajstić information content (AvgIpc) is 3.43. The van der Waals surface area contributed by atoms with E-state index in [0.29, 0.717) is 32.2 Å². The molecule has 0 radical (unpaired) electrons. The van der Waals surface area contributed by atoms with Gasteiger partial charge in [-0.2, -0.15) is 0 Å². The Hall–Kier alpha value is -3.68. The van der Waals surface area contributed by atoms with Crippen LogP contribution in [-0.4, -0.2) is 47.4 Å². The van der Waals surface area contributed by atoms with Crippen LogP contribution in [0.1, 0.15) is 29.5 Å². The first-order valence-corrected chi connectivity index (χ1v) is 12.7. The van der Waals surface area contributed by atoms with E-state index in [2.05, 4.69) is 5.32 Å². The number of carbonyl (C=O) groups excluding carboxylic acids is 3. The van der Waals surface area contributed by atoms with Crippen LogP contribution in [0.15, 0.2) is 91.0 Å². The second-order valence-corrected chi connectivity index (χ2v) is 9.33. The fraction of sp³-hybridized carbons (Fsp3) is 0.300. The number of hydrogen-bond donors (Lipinski definition) is 2. The van der Waals surface area contributed by atoms with Gasteiger partial charge < -0.3 is 20.7 Å². The second-order valence-electron chi connectivity index (χ2n) is 9.33. The molecule has 0 bridgehead atoms. The molecule has 7 nitrogen and oxygen atoms in total. The monoisotopic (exact) mass is 535 g/mol. The lowest BCUT2D eigenvalue weighted by Crippen LogP contribution is -2.55. The first-order chi connectivity index (χ1) is 18.0. The van der Waals surface area contributed by atoms with Gasteiger partial charge in [0.1, 0.15) is 18.7 Å². The van der Waals surface area contributed by atoms with E-state index in [-0.39, 0.29) is 24.9 Å². The Morgan fingerprint density at radius 3 is 1.95 bits per heavy atom. The number of hydrogen-bond acceptors (Lipinski definition) is 5. The summed E-state index contributed by atoms with van der Waals surface area (Å²) in [5.74, 6) is -1.14. The average molecular weight is 536 g/mol. The molecule has 38 heavy (non-hydrogen) atoms. The molecule has 0 unspecified atom stereocenters. The largest absolute Gasteiger partial charge is 0.459 e. The maximum absolute atomic E-state index is 13.7. The van der Waals surface area contributed by atoms with Crippen molar-refractivity contribution in [1.29, 1.82) is 0 Å². The molecule has 1 fully saturated rings. The predicted octanol–water partition coefficient (Wildman–Crippen LogP) is 3.44. The molecular formula is C30H34ClN3O4. The lowest BCUT2D eigenvalue weighted by molar-refractivity contribution is -0.155. The number of nitrogens with zero attached hydrogens (tertiary/aromatic N) is 1. The fourth-order valence-corrected chi connectivity index (χ4v) is 4.59. The Balaban J connectivity index is 0.00000400. The lowest BCUT2D eigenvalue weighted by Gasteiger charge is -2.29. The van der Waals surface area contributed by atoms with Gasteiger partial charge in [-0.1, -0.05) is 91.0 Å². The number of carbonyl (C=O) groups is 3. The van der Waals surface area contributed by atoms with Crippen molar-refractivity contribution in [3.63, 3.8) is 0 Å². The van der Waals surface area contributed by atoms with Crippen LogP contribution in [0, 0.1) is 0 Å². The van der Waals surface area contributed by atoms with Gasteiger partial charge in [-0.3, -0.25) is 9.59 Å². The Morgan fingerprint density at radius 1 is 0.842 bits per heavy atom. The molecule has 0 aliphatic carbocycles. The van der Waals surface area contributed by atoms with Crippen molar-refractivity contribution in [1.82, 2.24) is 10.2 Å². The van der Waals surface area contributed by atoms with E-state index < -0.39 is 30.0 Å². The van der Waals surface area contributed by atoms with E-state index in [0.717, 1.165) is 16.7 Å². The van der Waals surface area contributed by atoms with Crippen LogP contribution >= 0.6 is 12.4 Å². The molecule has 3 aromatic rings. The van der Waals surface area contributed by atoms with Gasteiger partial charge in [0, 0.05) is 13.0 Å². The zero-order valence-corrected chi connectivity index (χ0v) is 22.0. The third-order valence-electron chi connectivity index (χ3n) is 6.56. The van der Waals surface area contributed by atoms with Crippen molar-refractivity contribution in [2.24, 2.45) is 5.73 Å². The fourth-order valence-electron chi connectivity index (χ4n) is 4.59. The van der Waals surface area contributed by atoms with Crippen molar-refractivity contribution in [2.75, 3.05) is 6.54 Å². The number of likely N-dealkylation sites (tertiary alicyclic amines) is 1. The van der Waals surface area contributed by atoms with Gasteiger partial charge >= 0.3 is 5.97 Å². The number of amides is 2. The first kappa shape index (κ1) is 28.9. The minimum atomic E-state index is -0.848. The standard InChI is InChI=1S/C30H33N3O4.ClH/c31-25(19-22-11-4-1-5-12-22)28(34)32-26(20-23-13-6-2-7-14-23)29(35)33-18-10-17-27(33)30(36)37-21-24-15-8-3-9-16-24;/h1-9,11-16,25-27H,10,17-21,31H2,(H,32,34);1H/t25-,26+,27-;/m1./s1. The summed E-state index contributed by atoms with van der Waals surface area (Å²) < 4.78 is 5.54. The SMILES string of the molecule is Cl.N[C@H](Cc1ccccc1)C(=O)N[C@@H](Cc1ccccc1)C(=O)N1CCC[C@@H]1C(=O)OCc1ccccc1. The highest BCUT2D eigenvalue weighted by Crippen LogP contribution is 2.21. The smallest absolute Gasteiger partial charge is 0.329 e.